The van der Waals surface area contributed by atoms with E-state index in [-0.39, 0.29) is 54.4 Å². The van der Waals surface area contributed by atoms with Crippen LogP contribution in [0.4, 0.5) is 31.3 Å². The Morgan fingerprint density at radius 1 is 1.11 bits per heavy atom. The van der Waals surface area contributed by atoms with Crippen LogP contribution in [-0.2, 0) is 23.7 Å². The number of alkyl halides is 6. The largest absolute Gasteiger partial charge is 0.451 e. The summed E-state index contributed by atoms with van der Waals surface area (Å²) in [5.41, 5.74) is 0.538. The lowest BCUT2D eigenvalue weighted by atomic mass is 10.1. The molecule has 0 radical (unpaired) electrons. The molecule has 1 saturated heterocycles. The maximum absolute atomic E-state index is 13.4. The van der Waals surface area contributed by atoms with E-state index >= 15 is 0 Å². The quantitative estimate of drug-likeness (QED) is 0.487. The summed E-state index contributed by atoms with van der Waals surface area (Å²) in [5, 5.41) is 3.18. The molecular formula is C20H19F6N7OS. The number of anilines is 1. The van der Waals surface area contributed by atoms with Crippen molar-refractivity contribution in [3.8, 4) is 11.3 Å². The smallest absolute Gasteiger partial charge is 0.358 e. The van der Waals surface area contributed by atoms with E-state index in [4.69, 9.17) is 0 Å². The van der Waals surface area contributed by atoms with Gasteiger partial charge < -0.3 is 9.80 Å². The van der Waals surface area contributed by atoms with Gasteiger partial charge in [0, 0.05) is 49.8 Å². The fourth-order valence-corrected chi connectivity index (χ4v) is 4.72. The van der Waals surface area contributed by atoms with Gasteiger partial charge in [-0.25, -0.2) is 15.0 Å². The maximum Gasteiger partial charge on any atom is 0.451 e. The third-order valence-corrected chi connectivity index (χ3v) is 6.50. The van der Waals surface area contributed by atoms with E-state index in [1.807, 2.05) is 0 Å². The summed E-state index contributed by atoms with van der Waals surface area (Å²) in [7, 11) is 0. The van der Waals surface area contributed by atoms with Crippen molar-refractivity contribution < 1.29 is 31.1 Å². The molecule has 0 aromatic carbocycles. The van der Waals surface area contributed by atoms with Crippen molar-refractivity contribution >= 4 is 22.2 Å². The lowest BCUT2D eigenvalue weighted by Gasteiger charge is -2.40. The molecule has 1 aliphatic rings. The van der Waals surface area contributed by atoms with Crippen LogP contribution in [0.1, 0.15) is 23.4 Å². The molecule has 4 rings (SSSR count). The van der Waals surface area contributed by atoms with E-state index in [0.29, 0.717) is 11.3 Å². The van der Waals surface area contributed by atoms with Crippen LogP contribution in [0.5, 0.6) is 0 Å². The van der Waals surface area contributed by atoms with Gasteiger partial charge in [-0.15, -0.1) is 0 Å². The monoisotopic (exact) mass is 519 g/mol. The number of hydrogen-bond acceptors (Lipinski definition) is 7. The number of aryl methyl sites for hydroxylation is 1. The van der Waals surface area contributed by atoms with Crippen molar-refractivity contribution in [2.45, 2.75) is 38.8 Å². The topological polar surface area (TPSA) is 80.0 Å². The molecule has 35 heavy (non-hydrogen) atoms. The van der Waals surface area contributed by atoms with Crippen LogP contribution < -0.4 is 4.90 Å². The van der Waals surface area contributed by atoms with E-state index in [1.54, 1.807) is 35.9 Å². The summed E-state index contributed by atoms with van der Waals surface area (Å²) in [6, 6.07) is 1.42. The number of carbonyl (C=O) groups excluding carboxylic acids is 1. The molecule has 8 nitrogen and oxygen atoms in total. The average Bonchev–Trinajstić information content (AvgIpc) is 3.39. The molecular weight excluding hydrogens is 500 g/mol. The zero-order valence-corrected chi connectivity index (χ0v) is 19.2. The first-order valence-electron chi connectivity index (χ1n) is 10.3. The normalized spacial score (nSPS) is 17.2. The van der Waals surface area contributed by atoms with Crippen molar-refractivity contribution in [3.05, 3.63) is 41.2 Å². The fourth-order valence-electron chi connectivity index (χ4n) is 3.73. The van der Waals surface area contributed by atoms with Crippen molar-refractivity contribution in [1.29, 1.82) is 0 Å². The number of halogens is 6. The molecule has 1 aliphatic heterocycles. The van der Waals surface area contributed by atoms with E-state index in [1.165, 1.54) is 4.68 Å². The minimum Gasteiger partial charge on any atom is -0.358 e. The van der Waals surface area contributed by atoms with Gasteiger partial charge in [-0.1, -0.05) is 11.3 Å². The van der Waals surface area contributed by atoms with E-state index < -0.39 is 23.2 Å². The Kier molecular flexibility index (Phi) is 6.46. The van der Waals surface area contributed by atoms with Gasteiger partial charge in [-0.05, 0) is 19.9 Å². The van der Waals surface area contributed by atoms with Crippen LogP contribution in [-0.4, -0.2) is 61.2 Å². The molecule has 0 bridgehead atoms. The Morgan fingerprint density at radius 3 is 2.34 bits per heavy atom. The predicted molar refractivity (Wildman–Crippen MR) is 113 cm³/mol. The minimum absolute atomic E-state index is 0.0328. The molecule has 188 valence electrons. The lowest BCUT2D eigenvalue weighted by Crippen LogP contribution is -2.54. The second-order valence-electron chi connectivity index (χ2n) is 8.00. The van der Waals surface area contributed by atoms with E-state index in [0.717, 1.165) is 18.1 Å². The van der Waals surface area contributed by atoms with E-state index in [2.05, 4.69) is 20.1 Å². The zero-order chi connectivity index (χ0) is 25.5. The number of carbonyl (C=O) groups is 1. The SMILES string of the molecule is Cc1ccn(CC(=O)N2CCN(c3sc(C(F)(F)F)nc3-c3cnc(C(F)(F)F)nc3)C[C@H]2C)n1. The van der Waals surface area contributed by atoms with Crippen molar-refractivity contribution in [2.24, 2.45) is 0 Å². The van der Waals surface area contributed by atoms with Gasteiger partial charge in [-0.2, -0.15) is 31.4 Å². The van der Waals surface area contributed by atoms with Gasteiger partial charge >= 0.3 is 12.4 Å². The van der Waals surface area contributed by atoms with Crippen LogP contribution in [0, 0.1) is 6.92 Å². The Bertz CT molecular complexity index is 1200. The second kappa shape index (κ2) is 9.09. The maximum atomic E-state index is 13.4. The highest BCUT2D eigenvalue weighted by Crippen LogP contribution is 2.43. The Hall–Kier alpha value is -3.23. The molecule has 3 aromatic rings. The molecule has 0 saturated carbocycles. The van der Waals surface area contributed by atoms with E-state index in [9.17, 15) is 31.1 Å². The molecule has 0 N–H and O–H groups in total. The third kappa shape index (κ3) is 5.39. The van der Waals surface area contributed by atoms with Crippen LogP contribution in [0.25, 0.3) is 11.3 Å². The molecule has 0 aliphatic carbocycles. The number of rotatable bonds is 4. The number of piperazine rings is 1. The van der Waals surface area contributed by atoms with Crippen LogP contribution in [0.15, 0.2) is 24.7 Å². The number of thiazole rings is 1. The lowest BCUT2D eigenvalue weighted by molar-refractivity contribution is -0.145. The molecule has 0 spiro atoms. The summed E-state index contributed by atoms with van der Waals surface area (Å²) < 4.78 is 80.2. The third-order valence-electron chi connectivity index (χ3n) is 5.34. The highest BCUT2D eigenvalue weighted by Gasteiger charge is 2.39. The second-order valence-corrected chi connectivity index (χ2v) is 8.98. The van der Waals surface area contributed by atoms with Gasteiger partial charge in [0.15, 0.2) is 0 Å². The summed E-state index contributed by atoms with van der Waals surface area (Å²) in [4.78, 5) is 26.2. The number of nitrogens with zero attached hydrogens (tertiary/aromatic N) is 7. The van der Waals surface area contributed by atoms with Crippen LogP contribution in [0.3, 0.4) is 0 Å². The zero-order valence-electron chi connectivity index (χ0n) is 18.4. The predicted octanol–water partition coefficient (Wildman–Crippen LogP) is 3.88. The number of hydrogen-bond donors (Lipinski definition) is 0. The van der Waals surface area contributed by atoms with Gasteiger partial charge in [0.25, 0.3) is 0 Å². The van der Waals surface area contributed by atoms with Crippen molar-refractivity contribution in [1.82, 2.24) is 29.6 Å². The highest BCUT2D eigenvalue weighted by molar-refractivity contribution is 7.16. The number of aromatic nitrogens is 5. The first-order valence-corrected chi connectivity index (χ1v) is 11.2. The first-order chi connectivity index (χ1) is 16.3. The summed E-state index contributed by atoms with van der Waals surface area (Å²) in [6.45, 7) is 4.25. The molecule has 15 heteroatoms. The number of amides is 1. The van der Waals surface area contributed by atoms with Gasteiger partial charge in [0.1, 0.15) is 17.2 Å². The minimum atomic E-state index is -4.78. The highest BCUT2D eigenvalue weighted by atomic mass is 32.1. The fraction of sp³-hybridized carbons (Fsp3) is 0.450. The molecule has 3 aromatic heterocycles. The summed E-state index contributed by atoms with van der Waals surface area (Å²) in [5.74, 6) is -1.58. The van der Waals surface area contributed by atoms with Gasteiger partial charge in [0.2, 0.25) is 16.7 Å². The van der Waals surface area contributed by atoms with Crippen LogP contribution in [0.2, 0.25) is 0 Å². The Morgan fingerprint density at radius 2 is 1.80 bits per heavy atom. The molecule has 1 atom stereocenters. The van der Waals surface area contributed by atoms with Crippen molar-refractivity contribution in [2.75, 3.05) is 24.5 Å². The standard InChI is InChI=1S/C20H19F6N7OS/c1-11-3-4-32(30-11)10-14(34)33-6-5-31(9-12(33)2)16-15(29-18(35-16)20(24,25)26)13-7-27-17(28-8-13)19(21,22)23/h3-4,7-8,12H,5-6,9-10H2,1-2H3/t12-/m1/s1. The van der Waals surface area contributed by atoms with Gasteiger partial charge in [-0.3, -0.25) is 9.48 Å². The summed E-state index contributed by atoms with van der Waals surface area (Å²) in [6.07, 6.45) is -6.22. The van der Waals surface area contributed by atoms with Crippen LogP contribution >= 0.6 is 11.3 Å². The van der Waals surface area contributed by atoms with Crippen molar-refractivity contribution in [3.63, 3.8) is 0 Å². The molecule has 0 unspecified atom stereocenters. The Balaban J connectivity index is 1.57. The molecule has 4 heterocycles. The molecule has 1 amide bonds. The summed E-state index contributed by atoms with van der Waals surface area (Å²) >= 11 is 0.389. The Labute approximate surface area is 199 Å². The first kappa shape index (κ1) is 24.9. The molecule has 1 fully saturated rings. The average molecular weight is 519 g/mol. The van der Waals surface area contributed by atoms with Gasteiger partial charge in [0.05, 0.1) is 5.69 Å².